The van der Waals surface area contributed by atoms with Crippen LogP contribution in [0.25, 0.3) is 6.08 Å². The average Bonchev–Trinajstić information content (AvgIpc) is 3.03. The number of cyclic esters (lactones) is 1. The molecule has 0 radical (unpaired) electrons. The highest BCUT2D eigenvalue weighted by Crippen LogP contribution is 2.30. The van der Waals surface area contributed by atoms with E-state index in [0.29, 0.717) is 16.9 Å². The summed E-state index contributed by atoms with van der Waals surface area (Å²) < 4.78 is 44.1. The molecule has 150 valence electrons. The first-order valence-electron chi connectivity index (χ1n) is 8.30. The highest BCUT2D eigenvalue weighted by atomic mass is 19.3. The van der Waals surface area contributed by atoms with Gasteiger partial charge < -0.3 is 18.9 Å². The van der Waals surface area contributed by atoms with Crippen LogP contribution >= 0.6 is 0 Å². The number of carbonyl (C=O) groups excluding carboxylic acids is 2. The Bertz CT molecular complexity index is 999. The van der Waals surface area contributed by atoms with Gasteiger partial charge in [0, 0.05) is 12.5 Å². The number of nitrogens with zero attached hydrogens (tertiary/aromatic N) is 1. The molecule has 1 heterocycles. The van der Waals surface area contributed by atoms with E-state index in [0.717, 1.165) is 0 Å². The quantitative estimate of drug-likeness (QED) is 0.417. The summed E-state index contributed by atoms with van der Waals surface area (Å²) >= 11 is 0. The molecule has 0 fully saturated rings. The van der Waals surface area contributed by atoms with E-state index in [1.165, 1.54) is 50.4 Å². The third-order valence-corrected chi connectivity index (χ3v) is 3.69. The van der Waals surface area contributed by atoms with E-state index in [4.69, 9.17) is 14.2 Å². The zero-order valence-corrected chi connectivity index (χ0v) is 15.3. The monoisotopic (exact) mass is 403 g/mol. The summed E-state index contributed by atoms with van der Waals surface area (Å²) in [5.74, 6) is -0.604. The molecular formula is C20H15F2NO6. The van der Waals surface area contributed by atoms with Crippen LogP contribution < -0.4 is 14.2 Å². The lowest BCUT2D eigenvalue weighted by atomic mass is 10.1. The fraction of sp³-hybridized carbons (Fsp3) is 0.150. The number of hydrogen-bond acceptors (Lipinski definition) is 7. The molecule has 1 aliphatic heterocycles. The zero-order chi connectivity index (χ0) is 21.0. The van der Waals surface area contributed by atoms with E-state index in [-0.39, 0.29) is 23.1 Å². The molecular weight excluding hydrogens is 388 g/mol. The second-order valence-corrected chi connectivity index (χ2v) is 5.74. The molecule has 0 spiro atoms. The van der Waals surface area contributed by atoms with Gasteiger partial charge in [-0.25, -0.2) is 9.79 Å². The lowest BCUT2D eigenvalue weighted by molar-refractivity contribution is -0.132. The lowest BCUT2D eigenvalue weighted by Crippen LogP contribution is -2.06. The summed E-state index contributed by atoms with van der Waals surface area (Å²) in [6.45, 7) is -1.66. The van der Waals surface area contributed by atoms with Gasteiger partial charge in [0.2, 0.25) is 5.90 Å². The largest absolute Gasteiger partial charge is 0.493 e. The molecule has 0 N–H and O–H groups in total. The first-order valence-corrected chi connectivity index (χ1v) is 8.30. The van der Waals surface area contributed by atoms with Crippen LogP contribution in [0.15, 0.2) is 53.2 Å². The molecule has 0 aliphatic carbocycles. The Morgan fingerprint density at radius 2 is 1.86 bits per heavy atom. The van der Waals surface area contributed by atoms with Crippen LogP contribution in [0.1, 0.15) is 18.1 Å². The predicted molar refractivity (Wildman–Crippen MR) is 98.0 cm³/mol. The molecule has 3 rings (SSSR count). The Morgan fingerprint density at radius 1 is 1.14 bits per heavy atom. The highest BCUT2D eigenvalue weighted by molar-refractivity contribution is 6.12. The number of methoxy groups -OCH3 is 1. The number of alkyl halides is 2. The predicted octanol–water partition coefficient (Wildman–Crippen LogP) is 3.57. The highest BCUT2D eigenvalue weighted by Gasteiger charge is 2.24. The van der Waals surface area contributed by atoms with Crippen molar-refractivity contribution in [3.05, 3.63) is 59.3 Å². The molecule has 0 saturated carbocycles. The van der Waals surface area contributed by atoms with Gasteiger partial charge in [0.05, 0.1) is 7.11 Å². The summed E-state index contributed by atoms with van der Waals surface area (Å²) in [5, 5.41) is 0. The van der Waals surface area contributed by atoms with E-state index in [9.17, 15) is 18.4 Å². The minimum absolute atomic E-state index is 0.0237. The van der Waals surface area contributed by atoms with E-state index < -0.39 is 18.6 Å². The van der Waals surface area contributed by atoms with Crippen LogP contribution in [0.5, 0.6) is 17.2 Å². The van der Waals surface area contributed by atoms with Gasteiger partial charge in [0.15, 0.2) is 17.2 Å². The van der Waals surface area contributed by atoms with E-state index in [1.807, 2.05) is 0 Å². The molecule has 1 aliphatic rings. The van der Waals surface area contributed by atoms with Crippen molar-refractivity contribution in [1.29, 1.82) is 0 Å². The Labute approximate surface area is 164 Å². The number of benzene rings is 2. The van der Waals surface area contributed by atoms with Crippen LogP contribution in [0.3, 0.4) is 0 Å². The van der Waals surface area contributed by atoms with Crippen LogP contribution in [-0.2, 0) is 14.3 Å². The summed E-state index contributed by atoms with van der Waals surface area (Å²) in [4.78, 5) is 27.4. The van der Waals surface area contributed by atoms with Crippen molar-refractivity contribution >= 4 is 23.9 Å². The Hall–Kier alpha value is -3.75. The summed E-state index contributed by atoms with van der Waals surface area (Å²) in [6, 6.07) is 10.2. The van der Waals surface area contributed by atoms with Gasteiger partial charge >= 0.3 is 18.6 Å². The number of aliphatic imine (C=N–C) groups is 1. The maximum absolute atomic E-state index is 12.2. The van der Waals surface area contributed by atoms with Crippen molar-refractivity contribution in [3.63, 3.8) is 0 Å². The molecule has 0 unspecified atom stereocenters. The van der Waals surface area contributed by atoms with Crippen LogP contribution in [0.4, 0.5) is 8.78 Å². The molecule has 0 aromatic heterocycles. The van der Waals surface area contributed by atoms with Crippen molar-refractivity contribution in [2.24, 2.45) is 4.99 Å². The Kier molecular flexibility index (Phi) is 5.87. The van der Waals surface area contributed by atoms with Crippen molar-refractivity contribution < 1.29 is 37.3 Å². The zero-order valence-electron chi connectivity index (χ0n) is 15.3. The normalized spacial score (nSPS) is 14.6. The fourth-order valence-electron chi connectivity index (χ4n) is 2.48. The number of ether oxygens (including phenoxy) is 4. The van der Waals surface area contributed by atoms with Crippen LogP contribution in [-0.4, -0.2) is 31.6 Å². The number of rotatable bonds is 6. The second-order valence-electron chi connectivity index (χ2n) is 5.74. The third kappa shape index (κ3) is 4.95. The molecule has 0 atom stereocenters. The van der Waals surface area contributed by atoms with Crippen molar-refractivity contribution in [3.8, 4) is 17.2 Å². The molecule has 2 aromatic carbocycles. The van der Waals surface area contributed by atoms with Crippen LogP contribution in [0, 0.1) is 0 Å². The van der Waals surface area contributed by atoms with Gasteiger partial charge in [-0.15, -0.1) is 0 Å². The van der Waals surface area contributed by atoms with Gasteiger partial charge in [0.1, 0.15) is 5.75 Å². The van der Waals surface area contributed by atoms with Gasteiger partial charge in [-0.3, -0.25) is 4.79 Å². The maximum Gasteiger partial charge on any atom is 0.387 e. The summed E-state index contributed by atoms with van der Waals surface area (Å²) in [6.07, 6.45) is 1.48. The topological polar surface area (TPSA) is 83.4 Å². The SMILES string of the molecule is COc1cc(/C=C2\N=C(c3ccc(OC(F)F)cc3)OC2=O)ccc1OC(C)=O. The summed E-state index contributed by atoms with van der Waals surface area (Å²) in [7, 11) is 1.42. The molecule has 0 bridgehead atoms. The van der Waals surface area contributed by atoms with Crippen LogP contribution in [0.2, 0.25) is 0 Å². The van der Waals surface area contributed by atoms with Crippen molar-refractivity contribution in [1.82, 2.24) is 0 Å². The minimum atomic E-state index is -2.93. The molecule has 0 saturated heterocycles. The molecule has 0 amide bonds. The van der Waals surface area contributed by atoms with Crippen molar-refractivity contribution in [2.45, 2.75) is 13.5 Å². The Morgan fingerprint density at radius 3 is 2.48 bits per heavy atom. The van der Waals surface area contributed by atoms with Gasteiger partial charge in [-0.2, -0.15) is 8.78 Å². The fourth-order valence-corrected chi connectivity index (χ4v) is 2.48. The Balaban J connectivity index is 1.84. The number of hydrogen-bond donors (Lipinski definition) is 0. The average molecular weight is 403 g/mol. The van der Waals surface area contributed by atoms with E-state index in [2.05, 4.69) is 9.73 Å². The first kappa shape index (κ1) is 20.0. The van der Waals surface area contributed by atoms with E-state index in [1.54, 1.807) is 12.1 Å². The maximum atomic E-state index is 12.2. The van der Waals surface area contributed by atoms with Gasteiger partial charge in [-0.05, 0) is 48.0 Å². The van der Waals surface area contributed by atoms with Gasteiger partial charge in [-0.1, -0.05) is 6.07 Å². The number of carbonyl (C=O) groups is 2. The molecule has 2 aromatic rings. The summed E-state index contributed by atoms with van der Waals surface area (Å²) in [5.41, 5.74) is 1.02. The van der Waals surface area contributed by atoms with Gasteiger partial charge in [0.25, 0.3) is 0 Å². The second kappa shape index (κ2) is 8.51. The smallest absolute Gasteiger partial charge is 0.387 e. The molecule has 29 heavy (non-hydrogen) atoms. The van der Waals surface area contributed by atoms with Crippen molar-refractivity contribution in [2.75, 3.05) is 7.11 Å². The first-order chi connectivity index (χ1) is 13.9. The third-order valence-electron chi connectivity index (χ3n) is 3.69. The molecule has 7 nitrogen and oxygen atoms in total. The number of halogens is 2. The standard InChI is InChI=1S/C20H15F2NO6/c1-11(24)27-16-8-3-12(10-17(16)26-2)9-15-19(25)29-18(23-15)13-4-6-14(7-5-13)28-20(21)22/h3-10,20H,1-2H3/b15-9-. The number of esters is 2. The van der Waals surface area contributed by atoms with E-state index >= 15 is 0 Å². The molecule has 9 heteroatoms. The lowest BCUT2D eigenvalue weighted by Gasteiger charge is -2.08. The minimum Gasteiger partial charge on any atom is -0.493 e.